The van der Waals surface area contributed by atoms with Crippen LogP contribution in [0.3, 0.4) is 0 Å². The molecular weight excluding hydrogens is 414 g/mol. The van der Waals surface area contributed by atoms with Crippen LogP contribution in [-0.2, 0) is 14.3 Å². The van der Waals surface area contributed by atoms with Gasteiger partial charge in [0.05, 0.1) is 19.6 Å². The van der Waals surface area contributed by atoms with Crippen molar-refractivity contribution in [2.75, 3.05) is 13.7 Å². The maximum Gasteiger partial charge on any atom is 0.523 e. The van der Waals surface area contributed by atoms with Crippen LogP contribution < -0.4 is 0 Å². The quantitative estimate of drug-likeness (QED) is 0.479. The van der Waals surface area contributed by atoms with E-state index in [1.807, 2.05) is 6.92 Å². The number of imide groups is 1. The van der Waals surface area contributed by atoms with Gasteiger partial charge >= 0.3 is 12.0 Å². The summed E-state index contributed by atoms with van der Waals surface area (Å²) in [5.41, 5.74) is 0.467. The number of nitrogens with zero attached hydrogens (tertiary/aromatic N) is 1. The number of thioether (sulfide) groups is 1. The Hall–Kier alpha value is -1.70. The topological polar surface area (TPSA) is 77.5 Å². The fourth-order valence-corrected chi connectivity index (χ4v) is 5.03. The van der Waals surface area contributed by atoms with Crippen LogP contribution in [0.5, 0.6) is 0 Å². The number of hydrogen-bond donors (Lipinski definition) is 0. The lowest BCUT2D eigenvalue weighted by Gasteiger charge is -2.34. The monoisotopic (exact) mass is 440 g/mol. The molecule has 4 atom stereocenters. The molecule has 1 fully saturated rings. The van der Waals surface area contributed by atoms with E-state index in [1.165, 1.54) is 14.0 Å². The molecule has 29 heavy (non-hydrogen) atoms. The largest absolute Gasteiger partial charge is 0.523 e. The van der Waals surface area contributed by atoms with Gasteiger partial charge in [0.25, 0.3) is 0 Å². The molecule has 1 aromatic carbocycles. The highest BCUT2D eigenvalue weighted by Gasteiger charge is 2.56. The molecule has 1 heterocycles. The van der Waals surface area contributed by atoms with Crippen molar-refractivity contribution in [1.82, 2.24) is 0 Å². The molecule has 2 amide bonds. The number of methoxy groups -OCH3 is 1. The number of quaternary nitrogens is 1. The van der Waals surface area contributed by atoms with Crippen molar-refractivity contribution < 1.29 is 28.4 Å². The molecule has 6 nitrogen and oxygen atoms in total. The van der Waals surface area contributed by atoms with Crippen LogP contribution in [0.15, 0.2) is 24.3 Å². The predicted molar refractivity (Wildman–Crippen MR) is 113 cm³/mol. The van der Waals surface area contributed by atoms with Gasteiger partial charge < -0.3 is 4.74 Å². The fourth-order valence-electron chi connectivity index (χ4n) is 3.92. The molecular formula is C21H27ClNO5S+. The minimum atomic E-state index is -0.681. The Kier molecular flexibility index (Phi) is 8.02. The minimum absolute atomic E-state index is 0.00827. The zero-order valence-corrected chi connectivity index (χ0v) is 18.7. The van der Waals surface area contributed by atoms with E-state index < -0.39 is 17.3 Å². The molecule has 0 aromatic heterocycles. The van der Waals surface area contributed by atoms with Crippen molar-refractivity contribution in [3.63, 3.8) is 0 Å². The number of ketones is 1. The summed E-state index contributed by atoms with van der Waals surface area (Å²) in [5.74, 6) is -1.16. The number of likely N-dealkylation sites (tertiary alicyclic amines) is 1. The predicted octanol–water partition coefficient (Wildman–Crippen LogP) is 4.49. The van der Waals surface area contributed by atoms with Gasteiger partial charge in [-0.1, -0.05) is 23.4 Å². The number of halogens is 1. The lowest BCUT2D eigenvalue weighted by atomic mass is 9.97. The van der Waals surface area contributed by atoms with Crippen molar-refractivity contribution in [3.05, 3.63) is 34.9 Å². The molecule has 158 valence electrons. The second kappa shape index (κ2) is 9.87. The summed E-state index contributed by atoms with van der Waals surface area (Å²) < 4.78 is 4.57. The molecule has 1 aliphatic rings. The molecule has 1 saturated heterocycles. The molecule has 0 aliphatic carbocycles. The van der Waals surface area contributed by atoms with E-state index in [0.29, 0.717) is 17.1 Å². The van der Waals surface area contributed by atoms with E-state index in [1.54, 1.807) is 31.2 Å². The van der Waals surface area contributed by atoms with Gasteiger partial charge in [-0.2, -0.15) is 9.28 Å². The molecule has 1 aromatic rings. The highest BCUT2D eigenvalue weighted by Crippen LogP contribution is 2.35. The van der Waals surface area contributed by atoms with Gasteiger partial charge in [0.2, 0.25) is 0 Å². The molecule has 0 saturated carbocycles. The van der Waals surface area contributed by atoms with Crippen LogP contribution in [0.2, 0.25) is 5.02 Å². The average Bonchev–Trinajstić information content (AvgIpc) is 3.07. The van der Waals surface area contributed by atoms with Crippen molar-refractivity contribution in [3.8, 4) is 0 Å². The Morgan fingerprint density at radius 3 is 2.34 bits per heavy atom. The van der Waals surface area contributed by atoms with Crippen molar-refractivity contribution in [1.29, 1.82) is 0 Å². The normalized spacial score (nSPS) is 23.3. The fraction of sp³-hybridized carbons (Fsp3) is 0.524. The van der Waals surface area contributed by atoms with Gasteiger partial charge in [-0.3, -0.25) is 9.59 Å². The SMILES string of the molecule is COC(=O)[N@@+]1(C(=O)C(C)[C@H](CC(=O)c2ccc(Cl)cc2)SC(C)=O)CCCC1C. The van der Waals surface area contributed by atoms with E-state index in [0.717, 1.165) is 24.6 Å². The summed E-state index contributed by atoms with van der Waals surface area (Å²) in [6, 6.07) is 6.29. The molecule has 2 rings (SSSR count). The van der Waals surface area contributed by atoms with E-state index >= 15 is 0 Å². The third kappa shape index (κ3) is 5.08. The second-order valence-electron chi connectivity index (χ2n) is 7.46. The van der Waals surface area contributed by atoms with Crippen molar-refractivity contribution >= 4 is 46.3 Å². The highest BCUT2D eigenvalue weighted by atomic mass is 35.5. The number of benzene rings is 1. The van der Waals surface area contributed by atoms with Crippen molar-refractivity contribution in [2.45, 2.75) is 51.3 Å². The van der Waals surface area contributed by atoms with E-state index in [-0.39, 0.29) is 33.8 Å². The summed E-state index contributed by atoms with van der Waals surface area (Å²) in [4.78, 5) is 50.7. The molecule has 8 heteroatoms. The van der Waals surface area contributed by atoms with Gasteiger partial charge in [-0.15, -0.1) is 0 Å². The summed E-state index contributed by atoms with van der Waals surface area (Å²) >= 11 is 6.85. The third-order valence-electron chi connectivity index (χ3n) is 5.60. The molecule has 2 unspecified atom stereocenters. The Morgan fingerprint density at radius 2 is 1.86 bits per heavy atom. The van der Waals surface area contributed by atoms with Gasteiger partial charge in [0.15, 0.2) is 10.9 Å². The first-order chi connectivity index (χ1) is 13.6. The molecule has 0 spiro atoms. The standard InChI is InChI=1S/C21H27ClNO5S/c1-13-6-5-11-23(13,21(27)28-4)20(26)14(2)19(29-15(3)24)12-18(25)16-7-9-17(22)10-8-16/h7-10,13-14,19H,5-6,11-12H2,1-4H3/q+1/t13?,14?,19-,23-/m0/s1. The number of carbonyl (C=O) groups excluding carboxylic acids is 4. The minimum Gasteiger partial charge on any atom is -0.423 e. The average molecular weight is 441 g/mol. The van der Waals surface area contributed by atoms with Gasteiger partial charge in [0.1, 0.15) is 6.04 Å². The first-order valence-electron chi connectivity index (χ1n) is 9.60. The Labute approximate surface area is 180 Å². The van der Waals surface area contributed by atoms with Crippen LogP contribution in [0, 0.1) is 5.92 Å². The van der Waals surface area contributed by atoms with Crippen LogP contribution >= 0.6 is 23.4 Å². The third-order valence-corrected chi connectivity index (χ3v) is 7.06. The van der Waals surface area contributed by atoms with Gasteiger partial charge in [-0.25, -0.2) is 4.79 Å². The summed E-state index contributed by atoms with van der Waals surface area (Å²) in [6.07, 6.45) is 0.904. The summed E-state index contributed by atoms with van der Waals surface area (Å²) in [6.45, 7) is 5.33. The summed E-state index contributed by atoms with van der Waals surface area (Å²) in [5, 5.41) is -0.236. The smallest absolute Gasteiger partial charge is 0.423 e. The number of ether oxygens (including phenoxy) is 1. The first-order valence-corrected chi connectivity index (χ1v) is 10.9. The molecule has 0 N–H and O–H groups in total. The van der Waals surface area contributed by atoms with E-state index in [4.69, 9.17) is 16.3 Å². The molecule has 0 bridgehead atoms. The molecule has 1 aliphatic heterocycles. The number of rotatable bonds is 6. The number of carbonyl (C=O) groups is 4. The lowest BCUT2D eigenvalue weighted by molar-refractivity contribution is -0.794. The number of amides is 2. The van der Waals surface area contributed by atoms with Crippen LogP contribution in [0.25, 0.3) is 0 Å². The molecule has 0 radical (unpaired) electrons. The second-order valence-corrected chi connectivity index (χ2v) is 9.32. The van der Waals surface area contributed by atoms with Crippen LogP contribution in [0.4, 0.5) is 4.79 Å². The van der Waals surface area contributed by atoms with Gasteiger partial charge in [-0.05, 0) is 38.1 Å². The Balaban J connectivity index is 2.29. The van der Waals surface area contributed by atoms with Gasteiger partial charge in [0, 0.05) is 42.0 Å². The van der Waals surface area contributed by atoms with E-state index in [9.17, 15) is 19.2 Å². The Morgan fingerprint density at radius 1 is 1.24 bits per heavy atom. The Bertz CT molecular complexity index is 797. The summed E-state index contributed by atoms with van der Waals surface area (Å²) in [7, 11) is 1.27. The zero-order chi connectivity index (χ0) is 21.8. The van der Waals surface area contributed by atoms with Crippen molar-refractivity contribution in [2.24, 2.45) is 5.92 Å². The number of Topliss-reactive ketones (excluding diaryl/α,β-unsaturated/α-hetero) is 1. The van der Waals surface area contributed by atoms with E-state index in [2.05, 4.69) is 0 Å². The maximum absolute atomic E-state index is 13.5. The first kappa shape index (κ1) is 23.6. The van der Waals surface area contributed by atoms with Crippen LogP contribution in [0.1, 0.15) is 50.4 Å². The highest BCUT2D eigenvalue weighted by molar-refractivity contribution is 8.14. The lowest BCUT2D eigenvalue weighted by Crippen LogP contribution is -2.61. The number of hydrogen-bond acceptors (Lipinski definition) is 6. The zero-order valence-electron chi connectivity index (χ0n) is 17.1. The maximum atomic E-state index is 13.5. The van der Waals surface area contributed by atoms with Crippen LogP contribution in [-0.4, -0.2) is 52.3 Å².